The second kappa shape index (κ2) is 8.81. The van der Waals surface area contributed by atoms with Gasteiger partial charge in [-0.15, -0.1) is 0 Å². The van der Waals surface area contributed by atoms with Crippen LogP contribution in [0.3, 0.4) is 0 Å². The fraction of sp³-hybridized carbons (Fsp3) is 0.136. The first kappa shape index (κ1) is 19.1. The predicted molar refractivity (Wildman–Crippen MR) is 108 cm³/mol. The Kier molecular flexibility index (Phi) is 6.01. The highest BCUT2D eigenvalue weighted by atomic mass is 16.6. The molecular weight excluding hydrogens is 356 g/mol. The summed E-state index contributed by atoms with van der Waals surface area (Å²) >= 11 is 0. The molecule has 0 amide bonds. The van der Waals surface area contributed by atoms with E-state index >= 15 is 0 Å². The van der Waals surface area contributed by atoms with Crippen molar-refractivity contribution in [3.63, 3.8) is 0 Å². The maximum atomic E-state index is 11.2. The van der Waals surface area contributed by atoms with Crippen molar-refractivity contribution in [2.24, 2.45) is 0 Å². The van der Waals surface area contributed by atoms with E-state index in [0.29, 0.717) is 6.42 Å². The summed E-state index contributed by atoms with van der Waals surface area (Å²) in [7, 11) is 0. The molecule has 6 heteroatoms. The molecule has 0 fully saturated rings. The summed E-state index contributed by atoms with van der Waals surface area (Å²) in [5.41, 5.74) is 3.60. The lowest BCUT2D eigenvalue weighted by Crippen LogP contribution is -2.08. The zero-order valence-corrected chi connectivity index (χ0v) is 15.1. The van der Waals surface area contributed by atoms with Crippen molar-refractivity contribution in [2.75, 3.05) is 5.32 Å². The minimum Gasteiger partial charge on any atom is -0.481 e. The summed E-state index contributed by atoms with van der Waals surface area (Å²) in [4.78, 5) is 21.7. The van der Waals surface area contributed by atoms with Crippen molar-refractivity contribution < 1.29 is 14.8 Å². The van der Waals surface area contributed by atoms with Gasteiger partial charge in [-0.05, 0) is 35.7 Å². The monoisotopic (exact) mass is 376 g/mol. The Balaban J connectivity index is 1.98. The normalized spacial score (nSPS) is 11.6. The molecule has 0 aliphatic heterocycles. The Morgan fingerprint density at radius 3 is 2.25 bits per heavy atom. The largest absolute Gasteiger partial charge is 0.481 e. The third kappa shape index (κ3) is 4.73. The van der Waals surface area contributed by atoms with Crippen molar-refractivity contribution in [1.82, 2.24) is 0 Å². The standard InChI is InChI=1S/C22H20N2O4/c25-22(26)15-14-19(16-10-12-18(13-11-16)24(27)28)20-8-4-5-9-21(20)23-17-6-2-1-3-7-17/h1-13,19,23H,14-15H2,(H,25,26). The molecule has 1 unspecified atom stereocenters. The number of nitro groups is 1. The van der Waals surface area contributed by atoms with Gasteiger partial charge in [-0.1, -0.05) is 48.5 Å². The van der Waals surface area contributed by atoms with E-state index in [4.69, 9.17) is 0 Å². The average molecular weight is 376 g/mol. The first-order chi connectivity index (χ1) is 13.5. The molecule has 6 nitrogen and oxygen atoms in total. The number of non-ortho nitro benzene ring substituents is 1. The fourth-order valence-electron chi connectivity index (χ4n) is 3.19. The number of hydrogen-bond donors (Lipinski definition) is 2. The minimum atomic E-state index is -0.875. The van der Waals surface area contributed by atoms with Gasteiger partial charge < -0.3 is 10.4 Å². The molecule has 0 saturated carbocycles. The van der Waals surface area contributed by atoms with Gasteiger partial charge in [-0.3, -0.25) is 14.9 Å². The molecule has 0 aliphatic rings. The lowest BCUT2D eigenvalue weighted by Gasteiger charge is -2.21. The van der Waals surface area contributed by atoms with Crippen LogP contribution in [0, 0.1) is 10.1 Å². The Labute approximate surface area is 162 Å². The predicted octanol–water partition coefficient (Wildman–Crippen LogP) is 5.34. The smallest absolute Gasteiger partial charge is 0.303 e. The zero-order valence-electron chi connectivity index (χ0n) is 15.1. The molecule has 28 heavy (non-hydrogen) atoms. The van der Waals surface area contributed by atoms with E-state index < -0.39 is 10.9 Å². The van der Waals surface area contributed by atoms with Crippen LogP contribution < -0.4 is 5.32 Å². The van der Waals surface area contributed by atoms with Crippen LogP contribution in [0.5, 0.6) is 0 Å². The number of para-hydroxylation sites is 2. The van der Waals surface area contributed by atoms with Gasteiger partial charge in [-0.2, -0.15) is 0 Å². The van der Waals surface area contributed by atoms with Crippen LogP contribution in [0.1, 0.15) is 29.9 Å². The van der Waals surface area contributed by atoms with E-state index in [0.717, 1.165) is 22.5 Å². The average Bonchev–Trinajstić information content (AvgIpc) is 2.70. The zero-order chi connectivity index (χ0) is 19.9. The number of nitro benzene ring substituents is 1. The highest BCUT2D eigenvalue weighted by molar-refractivity contribution is 5.68. The summed E-state index contributed by atoms with van der Waals surface area (Å²) in [6, 6.07) is 23.7. The van der Waals surface area contributed by atoms with E-state index in [1.165, 1.54) is 12.1 Å². The lowest BCUT2D eigenvalue weighted by atomic mass is 9.86. The van der Waals surface area contributed by atoms with E-state index in [1.807, 2.05) is 54.6 Å². The summed E-state index contributed by atoms with van der Waals surface area (Å²) in [6.07, 6.45) is 0.391. The van der Waals surface area contributed by atoms with E-state index in [1.54, 1.807) is 12.1 Å². The molecule has 3 rings (SSSR count). The van der Waals surface area contributed by atoms with Gasteiger partial charge in [-0.25, -0.2) is 0 Å². The molecule has 2 N–H and O–H groups in total. The lowest BCUT2D eigenvalue weighted by molar-refractivity contribution is -0.384. The maximum Gasteiger partial charge on any atom is 0.303 e. The molecular formula is C22H20N2O4. The summed E-state index contributed by atoms with van der Waals surface area (Å²) in [5, 5.41) is 23.5. The van der Waals surface area contributed by atoms with Crippen LogP contribution in [0.25, 0.3) is 0 Å². The SMILES string of the molecule is O=C(O)CCC(c1ccc([N+](=O)[O-])cc1)c1ccccc1Nc1ccccc1. The number of carbonyl (C=O) groups is 1. The van der Waals surface area contributed by atoms with Gasteiger partial charge >= 0.3 is 5.97 Å². The molecule has 1 atom stereocenters. The number of rotatable bonds is 8. The fourth-order valence-corrected chi connectivity index (χ4v) is 3.19. The number of benzene rings is 3. The number of nitrogens with one attached hydrogen (secondary N) is 1. The van der Waals surface area contributed by atoms with Gasteiger partial charge in [0.15, 0.2) is 0 Å². The third-order valence-corrected chi connectivity index (χ3v) is 4.54. The van der Waals surface area contributed by atoms with Gasteiger partial charge in [0.05, 0.1) is 4.92 Å². The number of hydrogen-bond acceptors (Lipinski definition) is 4. The number of nitrogens with zero attached hydrogens (tertiary/aromatic N) is 1. The Morgan fingerprint density at radius 1 is 0.964 bits per heavy atom. The van der Waals surface area contributed by atoms with Gasteiger partial charge in [0.1, 0.15) is 0 Å². The summed E-state index contributed by atoms with van der Waals surface area (Å²) in [5.74, 6) is -1.08. The number of anilines is 2. The number of carboxylic acids is 1. The molecule has 0 radical (unpaired) electrons. The van der Waals surface area contributed by atoms with Crippen molar-refractivity contribution in [3.8, 4) is 0 Å². The quantitative estimate of drug-likeness (QED) is 0.409. The Morgan fingerprint density at radius 2 is 1.61 bits per heavy atom. The van der Waals surface area contributed by atoms with Crippen LogP contribution in [-0.2, 0) is 4.79 Å². The molecule has 0 bridgehead atoms. The second-order valence-corrected chi connectivity index (χ2v) is 6.41. The first-order valence-electron chi connectivity index (χ1n) is 8.92. The molecule has 3 aromatic carbocycles. The molecule has 0 heterocycles. The Bertz CT molecular complexity index is 956. The van der Waals surface area contributed by atoms with Crippen molar-refractivity contribution >= 4 is 23.0 Å². The van der Waals surface area contributed by atoms with Crippen LogP contribution in [0.15, 0.2) is 78.9 Å². The second-order valence-electron chi connectivity index (χ2n) is 6.41. The van der Waals surface area contributed by atoms with E-state index in [-0.39, 0.29) is 18.0 Å². The third-order valence-electron chi connectivity index (χ3n) is 4.54. The highest BCUT2D eigenvalue weighted by Crippen LogP contribution is 2.36. The number of carboxylic acid groups (broad SMARTS) is 1. The molecule has 3 aromatic rings. The molecule has 142 valence electrons. The van der Waals surface area contributed by atoms with Gasteiger partial charge in [0, 0.05) is 35.8 Å². The van der Waals surface area contributed by atoms with Crippen molar-refractivity contribution in [1.29, 1.82) is 0 Å². The summed E-state index contributed by atoms with van der Waals surface area (Å²) in [6.45, 7) is 0. The van der Waals surface area contributed by atoms with Crippen LogP contribution in [0.4, 0.5) is 17.1 Å². The van der Waals surface area contributed by atoms with E-state index in [9.17, 15) is 20.0 Å². The van der Waals surface area contributed by atoms with Crippen molar-refractivity contribution in [3.05, 3.63) is 100 Å². The van der Waals surface area contributed by atoms with Gasteiger partial charge in [0.2, 0.25) is 0 Å². The molecule has 0 spiro atoms. The molecule has 0 aliphatic carbocycles. The molecule has 0 aromatic heterocycles. The maximum absolute atomic E-state index is 11.2. The van der Waals surface area contributed by atoms with E-state index in [2.05, 4.69) is 5.32 Å². The van der Waals surface area contributed by atoms with Crippen LogP contribution in [0.2, 0.25) is 0 Å². The van der Waals surface area contributed by atoms with Crippen LogP contribution >= 0.6 is 0 Å². The van der Waals surface area contributed by atoms with Gasteiger partial charge in [0.25, 0.3) is 5.69 Å². The van der Waals surface area contributed by atoms with Crippen LogP contribution in [-0.4, -0.2) is 16.0 Å². The first-order valence-corrected chi connectivity index (χ1v) is 8.92. The Hall–Kier alpha value is -3.67. The summed E-state index contributed by atoms with van der Waals surface area (Å²) < 4.78 is 0. The number of aliphatic carboxylic acids is 1. The topological polar surface area (TPSA) is 92.5 Å². The highest BCUT2D eigenvalue weighted by Gasteiger charge is 2.20. The van der Waals surface area contributed by atoms with Crippen molar-refractivity contribution in [2.45, 2.75) is 18.8 Å². The minimum absolute atomic E-state index is 0.00131. The molecule has 0 saturated heterocycles.